The number of pyridine rings is 1. The number of nitrogens with zero attached hydrogens (tertiary/aromatic N) is 5. The van der Waals surface area contributed by atoms with Gasteiger partial charge >= 0.3 is 0 Å². The first-order chi connectivity index (χ1) is 12.9. The van der Waals surface area contributed by atoms with Gasteiger partial charge < -0.3 is 10.2 Å². The molecule has 8 nitrogen and oxygen atoms in total. The Morgan fingerprint density at radius 1 is 1.22 bits per heavy atom. The van der Waals surface area contributed by atoms with E-state index < -0.39 is 11.7 Å². The number of nitrogens with one attached hydrogen (secondary N) is 1. The number of aromatic nitrogens is 4. The molecule has 0 aliphatic rings. The number of tetrazole rings is 1. The SMILES string of the molecule is CCN(C(=O)c1cc(F)cc(NC(=O)c2ccc3nnnn3c2)c1)C(C)C. The molecule has 3 aromatic rings. The normalized spacial score (nSPS) is 11.0. The lowest BCUT2D eigenvalue weighted by molar-refractivity contribution is 0.0716. The Hall–Kier alpha value is -3.36. The predicted octanol–water partition coefficient (Wildman–Crippen LogP) is 2.39. The molecule has 0 aliphatic carbocycles. The molecule has 140 valence electrons. The third-order valence-corrected chi connectivity index (χ3v) is 4.08. The Morgan fingerprint density at radius 3 is 2.70 bits per heavy atom. The number of anilines is 1. The van der Waals surface area contributed by atoms with Crippen molar-refractivity contribution in [2.45, 2.75) is 26.8 Å². The van der Waals surface area contributed by atoms with E-state index >= 15 is 0 Å². The van der Waals surface area contributed by atoms with Crippen LogP contribution in [0.25, 0.3) is 5.65 Å². The summed E-state index contributed by atoms with van der Waals surface area (Å²) in [5, 5.41) is 13.6. The second-order valence-corrected chi connectivity index (χ2v) is 6.27. The van der Waals surface area contributed by atoms with Crippen LogP contribution in [0.1, 0.15) is 41.5 Å². The quantitative estimate of drug-likeness (QED) is 0.744. The van der Waals surface area contributed by atoms with Crippen LogP contribution in [0.4, 0.5) is 10.1 Å². The Bertz CT molecular complexity index is 1000. The van der Waals surface area contributed by atoms with Gasteiger partial charge in [-0.15, -0.1) is 5.10 Å². The maximum absolute atomic E-state index is 14.0. The number of amides is 2. The van der Waals surface area contributed by atoms with Gasteiger partial charge in [-0.1, -0.05) is 0 Å². The molecule has 2 heterocycles. The van der Waals surface area contributed by atoms with Gasteiger partial charge in [0.25, 0.3) is 11.8 Å². The first-order valence-electron chi connectivity index (χ1n) is 8.49. The van der Waals surface area contributed by atoms with Crippen molar-refractivity contribution in [1.29, 1.82) is 0 Å². The Morgan fingerprint density at radius 2 is 2.00 bits per heavy atom. The minimum Gasteiger partial charge on any atom is -0.336 e. The molecule has 0 aliphatic heterocycles. The minimum absolute atomic E-state index is 0.0215. The fourth-order valence-corrected chi connectivity index (χ4v) is 2.77. The second-order valence-electron chi connectivity index (χ2n) is 6.27. The number of fused-ring (bicyclic) bond motifs is 1. The number of rotatable bonds is 5. The van der Waals surface area contributed by atoms with Crippen molar-refractivity contribution >= 4 is 23.1 Å². The van der Waals surface area contributed by atoms with Crippen molar-refractivity contribution in [3.05, 3.63) is 53.5 Å². The number of hydrogen-bond donors (Lipinski definition) is 1. The van der Waals surface area contributed by atoms with E-state index in [1.54, 1.807) is 17.0 Å². The molecule has 0 spiro atoms. The summed E-state index contributed by atoms with van der Waals surface area (Å²) in [5.74, 6) is -1.36. The molecule has 9 heteroatoms. The fourth-order valence-electron chi connectivity index (χ4n) is 2.77. The average Bonchev–Trinajstić information content (AvgIpc) is 3.09. The summed E-state index contributed by atoms with van der Waals surface area (Å²) >= 11 is 0. The van der Waals surface area contributed by atoms with Crippen LogP contribution in [-0.4, -0.2) is 49.3 Å². The van der Waals surface area contributed by atoms with Gasteiger partial charge in [0, 0.05) is 30.0 Å². The molecule has 3 rings (SSSR count). The van der Waals surface area contributed by atoms with Crippen molar-refractivity contribution in [2.24, 2.45) is 0 Å². The topological polar surface area (TPSA) is 92.5 Å². The summed E-state index contributed by atoms with van der Waals surface area (Å²) in [5.41, 5.74) is 1.17. The van der Waals surface area contributed by atoms with E-state index in [0.717, 1.165) is 12.1 Å². The van der Waals surface area contributed by atoms with Gasteiger partial charge in [-0.25, -0.2) is 4.39 Å². The Labute approximate surface area is 155 Å². The molecule has 2 amide bonds. The van der Waals surface area contributed by atoms with E-state index in [0.29, 0.717) is 17.8 Å². The van der Waals surface area contributed by atoms with Crippen LogP contribution < -0.4 is 5.32 Å². The minimum atomic E-state index is -0.605. The maximum atomic E-state index is 14.0. The Kier molecular flexibility index (Phi) is 5.11. The largest absolute Gasteiger partial charge is 0.336 e. The van der Waals surface area contributed by atoms with E-state index in [1.807, 2.05) is 20.8 Å². The van der Waals surface area contributed by atoms with E-state index in [2.05, 4.69) is 20.8 Å². The zero-order valence-corrected chi connectivity index (χ0v) is 15.2. The lowest BCUT2D eigenvalue weighted by Crippen LogP contribution is -2.36. The van der Waals surface area contributed by atoms with Crippen molar-refractivity contribution in [2.75, 3.05) is 11.9 Å². The summed E-state index contributed by atoms with van der Waals surface area (Å²) in [4.78, 5) is 26.7. The summed E-state index contributed by atoms with van der Waals surface area (Å²) in [6.07, 6.45) is 1.47. The molecule has 0 fully saturated rings. The van der Waals surface area contributed by atoms with E-state index in [4.69, 9.17) is 0 Å². The van der Waals surface area contributed by atoms with E-state index in [9.17, 15) is 14.0 Å². The molecule has 0 bridgehead atoms. The molecule has 27 heavy (non-hydrogen) atoms. The third-order valence-electron chi connectivity index (χ3n) is 4.08. The smallest absolute Gasteiger partial charge is 0.257 e. The van der Waals surface area contributed by atoms with Gasteiger partial charge in [-0.05, 0) is 61.5 Å². The lowest BCUT2D eigenvalue weighted by Gasteiger charge is -2.25. The highest BCUT2D eigenvalue weighted by molar-refractivity contribution is 6.05. The van der Waals surface area contributed by atoms with Crippen LogP contribution in [0.2, 0.25) is 0 Å². The van der Waals surface area contributed by atoms with Gasteiger partial charge in [-0.2, -0.15) is 4.52 Å². The molecular formula is C18H19FN6O2. The van der Waals surface area contributed by atoms with Gasteiger partial charge in [0.15, 0.2) is 5.65 Å². The van der Waals surface area contributed by atoms with Gasteiger partial charge in [0.1, 0.15) is 5.82 Å². The van der Waals surface area contributed by atoms with Crippen LogP contribution >= 0.6 is 0 Å². The highest BCUT2D eigenvalue weighted by Gasteiger charge is 2.19. The Balaban J connectivity index is 1.85. The summed E-state index contributed by atoms with van der Waals surface area (Å²) in [6, 6.07) is 6.92. The first kappa shape index (κ1) is 18.4. The van der Waals surface area contributed by atoms with Crippen LogP contribution in [-0.2, 0) is 0 Å². The molecule has 0 unspecified atom stereocenters. The number of hydrogen-bond acceptors (Lipinski definition) is 5. The summed E-state index contributed by atoms with van der Waals surface area (Å²) in [7, 11) is 0. The van der Waals surface area contributed by atoms with Gasteiger partial charge in [-0.3, -0.25) is 9.59 Å². The third kappa shape index (κ3) is 3.91. The van der Waals surface area contributed by atoms with Crippen LogP contribution in [0.3, 0.4) is 0 Å². The standard InChI is InChI=1S/C18H19FN6O2/c1-4-24(11(2)3)18(27)13-7-14(19)9-15(8-13)20-17(26)12-5-6-16-21-22-23-25(16)10-12/h5-11H,4H2,1-3H3,(H,20,26). The number of benzene rings is 1. The fraction of sp³-hybridized carbons (Fsp3) is 0.278. The van der Waals surface area contributed by atoms with Crippen molar-refractivity contribution in [3.63, 3.8) is 0 Å². The van der Waals surface area contributed by atoms with Crippen molar-refractivity contribution < 1.29 is 14.0 Å². The molecule has 2 aromatic heterocycles. The highest BCUT2D eigenvalue weighted by Crippen LogP contribution is 2.18. The van der Waals surface area contributed by atoms with E-state index in [1.165, 1.54) is 16.8 Å². The van der Waals surface area contributed by atoms with Gasteiger partial charge in [0.05, 0.1) is 5.56 Å². The summed E-state index contributed by atoms with van der Waals surface area (Å²) in [6.45, 7) is 6.13. The molecular weight excluding hydrogens is 351 g/mol. The molecule has 1 aromatic carbocycles. The lowest BCUT2D eigenvalue weighted by atomic mass is 10.1. The van der Waals surface area contributed by atoms with E-state index in [-0.39, 0.29) is 23.2 Å². The monoisotopic (exact) mass is 370 g/mol. The maximum Gasteiger partial charge on any atom is 0.257 e. The van der Waals surface area contributed by atoms with Crippen LogP contribution in [0, 0.1) is 5.82 Å². The van der Waals surface area contributed by atoms with Crippen molar-refractivity contribution in [1.82, 2.24) is 24.9 Å². The molecule has 0 radical (unpaired) electrons. The summed E-state index contributed by atoms with van der Waals surface area (Å²) < 4.78 is 15.4. The average molecular weight is 370 g/mol. The number of halogens is 1. The molecule has 0 atom stereocenters. The van der Waals surface area contributed by atoms with Crippen molar-refractivity contribution in [3.8, 4) is 0 Å². The predicted molar refractivity (Wildman–Crippen MR) is 97.0 cm³/mol. The van der Waals surface area contributed by atoms with Gasteiger partial charge in [0.2, 0.25) is 0 Å². The number of carbonyl (C=O) groups excluding carboxylic acids is 2. The molecule has 1 N–H and O–H groups in total. The highest BCUT2D eigenvalue weighted by atomic mass is 19.1. The second kappa shape index (κ2) is 7.48. The zero-order valence-electron chi connectivity index (χ0n) is 15.2. The molecule has 0 saturated heterocycles. The first-order valence-corrected chi connectivity index (χ1v) is 8.49. The number of carbonyl (C=O) groups is 2. The molecule has 0 saturated carbocycles. The zero-order chi connectivity index (χ0) is 19.6. The van der Waals surface area contributed by atoms with Crippen LogP contribution in [0.15, 0.2) is 36.5 Å². The van der Waals surface area contributed by atoms with Crippen LogP contribution in [0.5, 0.6) is 0 Å².